The molecule has 0 radical (unpaired) electrons. The van der Waals surface area contributed by atoms with Crippen LogP contribution in [0.15, 0.2) is 22.7 Å². The van der Waals surface area contributed by atoms with E-state index in [9.17, 15) is 14.0 Å². The Kier molecular flexibility index (Phi) is 7.66. The van der Waals surface area contributed by atoms with Gasteiger partial charge in [0.2, 0.25) is 0 Å². The third kappa shape index (κ3) is 7.77. The lowest BCUT2D eigenvalue weighted by molar-refractivity contribution is -0.155. The van der Waals surface area contributed by atoms with Crippen molar-refractivity contribution in [1.82, 2.24) is 4.90 Å². The number of halogens is 2. The summed E-state index contributed by atoms with van der Waals surface area (Å²) in [7, 11) is 1.61. The van der Waals surface area contributed by atoms with Gasteiger partial charge in [-0.25, -0.2) is 4.39 Å². The van der Waals surface area contributed by atoms with Gasteiger partial charge < -0.3 is 14.4 Å². The van der Waals surface area contributed by atoms with Crippen molar-refractivity contribution in [3.8, 4) is 5.75 Å². The Morgan fingerprint density at radius 3 is 2.54 bits per heavy atom. The largest absolute Gasteiger partial charge is 0.481 e. The zero-order chi connectivity index (χ0) is 18.3. The zero-order valence-electron chi connectivity index (χ0n) is 14.4. The van der Waals surface area contributed by atoms with Crippen LogP contribution >= 0.6 is 15.9 Å². The lowest BCUT2D eigenvalue weighted by Gasteiger charge is -2.20. The number of likely N-dealkylation sites (N-methyl/N-ethyl adjacent to an activating group) is 1. The summed E-state index contributed by atoms with van der Waals surface area (Å²) in [6.07, 6.45) is 0.723. The molecule has 0 unspecified atom stereocenters. The van der Waals surface area contributed by atoms with E-state index in [4.69, 9.17) is 9.47 Å². The van der Waals surface area contributed by atoms with E-state index in [1.807, 2.05) is 0 Å². The van der Waals surface area contributed by atoms with Crippen LogP contribution in [0.25, 0.3) is 0 Å². The van der Waals surface area contributed by atoms with Gasteiger partial charge in [0, 0.05) is 24.5 Å². The number of rotatable bonds is 7. The van der Waals surface area contributed by atoms with E-state index >= 15 is 0 Å². The van der Waals surface area contributed by atoms with Crippen LogP contribution in [0, 0.1) is 5.82 Å². The molecule has 0 N–H and O–H groups in total. The van der Waals surface area contributed by atoms with Gasteiger partial charge >= 0.3 is 5.97 Å². The van der Waals surface area contributed by atoms with E-state index < -0.39 is 11.4 Å². The molecule has 1 rings (SSSR count). The van der Waals surface area contributed by atoms with Crippen molar-refractivity contribution in [2.75, 3.05) is 20.2 Å². The highest BCUT2D eigenvalue weighted by atomic mass is 79.9. The molecule has 0 aliphatic rings. The fourth-order valence-corrected chi connectivity index (χ4v) is 2.15. The molecule has 5 nitrogen and oxygen atoms in total. The molecule has 1 amide bonds. The Morgan fingerprint density at radius 1 is 1.29 bits per heavy atom. The molecule has 0 aliphatic carbocycles. The maximum atomic E-state index is 13.6. The van der Waals surface area contributed by atoms with Crippen LogP contribution < -0.4 is 4.74 Å². The van der Waals surface area contributed by atoms with Crippen LogP contribution in [0.2, 0.25) is 0 Å². The fraction of sp³-hybridized carbons (Fsp3) is 0.529. The van der Waals surface area contributed by atoms with Crippen molar-refractivity contribution in [1.29, 1.82) is 0 Å². The van der Waals surface area contributed by atoms with Crippen molar-refractivity contribution < 1.29 is 23.5 Å². The standard InChI is InChI=1S/C17H23BrFNO4/c1-17(2,3)24-16(22)6-5-9-20(4)15(21)11-23-14-8-7-12(18)10-13(14)19/h7-8,10H,5-6,9,11H2,1-4H3. The Balaban J connectivity index is 2.33. The predicted octanol–water partition coefficient (Wildman–Crippen LogP) is 3.55. The quantitative estimate of drug-likeness (QED) is 0.653. The first-order valence-electron chi connectivity index (χ1n) is 7.62. The molecule has 0 saturated carbocycles. The second-order valence-corrected chi connectivity index (χ2v) is 7.28. The second kappa shape index (κ2) is 9.01. The van der Waals surface area contributed by atoms with Crippen LogP contribution in [-0.4, -0.2) is 42.6 Å². The van der Waals surface area contributed by atoms with Crippen LogP contribution in [0.4, 0.5) is 4.39 Å². The second-order valence-electron chi connectivity index (χ2n) is 6.37. The van der Waals surface area contributed by atoms with Crippen molar-refractivity contribution >= 4 is 27.8 Å². The van der Waals surface area contributed by atoms with E-state index in [1.165, 1.54) is 17.0 Å². The molecule has 0 aliphatic heterocycles. The number of amides is 1. The topological polar surface area (TPSA) is 55.8 Å². The third-order valence-electron chi connectivity index (χ3n) is 2.97. The number of hydrogen-bond acceptors (Lipinski definition) is 4. The lowest BCUT2D eigenvalue weighted by atomic mass is 10.2. The van der Waals surface area contributed by atoms with Crippen LogP contribution in [0.5, 0.6) is 5.75 Å². The fourth-order valence-electron chi connectivity index (χ4n) is 1.82. The van der Waals surface area contributed by atoms with Crippen molar-refractivity contribution in [2.45, 2.75) is 39.2 Å². The molecule has 7 heteroatoms. The van der Waals surface area contributed by atoms with Crippen LogP contribution in [0.3, 0.4) is 0 Å². The van der Waals surface area contributed by atoms with E-state index in [2.05, 4.69) is 15.9 Å². The van der Waals surface area contributed by atoms with Crippen molar-refractivity contribution in [2.24, 2.45) is 0 Å². The van der Waals surface area contributed by atoms with E-state index in [-0.39, 0.29) is 30.7 Å². The summed E-state index contributed by atoms with van der Waals surface area (Å²) in [4.78, 5) is 25.0. The van der Waals surface area contributed by atoms with Crippen LogP contribution in [-0.2, 0) is 14.3 Å². The molecule has 1 aromatic carbocycles. The number of nitrogens with zero attached hydrogens (tertiary/aromatic N) is 1. The normalized spacial score (nSPS) is 11.1. The number of benzene rings is 1. The Labute approximate surface area is 150 Å². The molecule has 0 atom stereocenters. The van der Waals surface area contributed by atoms with Gasteiger partial charge in [0.05, 0.1) is 0 Å². The smallest absolute Gasteiger partial charge is 0.306 e. The van der Waals surface area contributed by atoms with Crippen molar-refractivity contribution in [3.63, 3.8) is 0 Å². The van der Waals surface area contributed by atoms with Crippen LogP contribution in [0.1, 0.15) is 33.6 Å². The number of ether oxygens (including phenoxy) is 2. The Hall–Kier alpha value is -1.63. The summed E-state index contributed by atoms with van der Waals surface area (Å²) in [5.41, 5.74) is -0.513. The monoisotopic (exact) mass is 403 g/mol. The average Bonchev–Trinajstić information content (AvgIpc) is 2.43. The van der Waals surface area contributed by atoms with Crippen molar-refractivity contribution in [3.05, 3.63) is 28.5 Å². The minimum Gasteiger partial charge on any atom is -0.481 e. The summed E-state index contributed by atoms with van der Waals surface area (Å²) in [5.74, 6) is -1.10. The summed E-state index contributed by atoms with van der Waals surface area (Å²) in [6, 6.07) is 4.35. The molecule has 24 heavy (non-hydrogen) atoms. The van der Waals surface area contributed by atoms with Gasteiger partial charge in [0.15, 0.2) is 18.2 Å². The Morgan fingerprint density at radius 2 is 1.96 bits per heavy atom. The highest BCUT2D eigenvalue weighted by molar-refractivity contribution is 9.10. The van der Waals surface area contributed by atoms with E-state index in [0.29, 0.717) is 17.4 Å². The maximum absolute atomic E-state index is 13.6. The maximum Gasteiger partial charge on any atom is 0.306 e. The van der Waals surface area contributed by atoms with Gasteiger partial charge in [-0.3, -0.25) is 9.59 Å². The van der Waals surface area contributed by atoms with Gasteiger partial charge in [-0.15, -0.1) is 0 Å². The third-order valence-corrected chi connectivity index (χ3v) is 3.46. The summed E-state index contributed by atoms with van der Waals surface area (Å²) < 4.78 is 24.6. The first kappa shape index (κ1) is 20.4. The molecule has 0 bridgehead atoms. The first-order valence-corrected chi connectivity index (χ1v) is 8.41. The molecule has 0 saturated heterocycles. The Bertz CT molecular complexity index is 586. The minimum atomic E-state index is -0.537. The molecule has 0 heterocycles. The summed E-state index contributed by atoms with van der Waals surface area (Å²) >= 11 is 3.15. The van der Waals surface area contributed by atoms with Gasteiger partial charge in [-0.2, -0.15) is 0 Å². The molecule has 1 aromatic rings. The predicted molar refractivity (Wildman–Crippen MR) is 92.3 cm³/mol. The van der Waals surface area contributed by atoms with Gasteiger partial charge in [-0.1, -0.05) is 15.9 Å². The number of carbonyl (C=O) groups is 2. The summed E-state index contributed by atoms with van der Waals surface area (Å²) in [5, 5.41) is 0. The summed E-state index contributed by atoms with van der Waals surface area (Å²) in [6.45, 7) is 5.54. The molecule has 134 valence electrons. The average molecular weight is 404 g/mol. The number of hydrogen-bond donors (Lipinski definition) is 0. The van der Waals surface area contributed by atoms with E-state index in [1.54, 1.807) is 33.9 Å². The highest BCUT2D eigenvalue weighted by Gasteiger charge is 2.17. The minimum absolute atomic E-state index is 0.0219. The first-order chi connectivity index (χ1) is 11.1. The van der Waals surface area contributed by atoms with E-state index in [0.717, 1.165) is 0 Å². The molecular weight excluding hydrogens is 381 g/mol. The van der Waals surface area contributed by atoms with Gasteiger partial charge in [0.1, 0.15) is 5.60 Å². The highest BCUT2D eigenvalue weighted by Crippen LogP contribution is 2.21. The molecule has 0 fully saturated rings. The SMILES string of the molecule is CN(CCCC(=O)OC(C)(C)C)C(=O)COc1ccc(Br)cc1F. The molecular formula is C17H23BrFNO4. The molecule has 0 spiro atoms. The number of esters is 1. The van der Waals surface area contributed by atoms with Gasteiger partial charge in [0.25, 0.3) is 5.91 Å². The zero-order valence-corrected chi connectivity index (χ0v) is 16.0. The lowest BCUT2D eigenvalue weighted by Crippen LogP contribution is -2.33. The number of carbonyl (C=O) groups excluding carboxylic acids is 2. The van der Waals surface area contributed by atoms with Gasteiger partial charge in [-0.05, 0) is 45.4 Å². The molecule has 0 aromatic heterocycles.